The van der Waals surface area contributed by atoms with Crippen LogP contribution in [0.3, 0.4) is 0 Å². The molecule has 0 N–H and O–H groups in total. The van der Waals surface area contributed by atoms with E-state index in [0.717, 1.165) is 25.0 Å². The molecule has 0 bridgehead atoms. The molecule has 0 unspecified atom stereocenters. The Bertz CT molecular complexity index is 292. The van der Waals surface area contributed by atoms with Gasteiger partial charge < -0.3 is 9.47 Å². The molecular formula is C15H24O3. The molecule has 0 saturated carbocycles. The van der Waals surface area contributed by atoms with Crippen LogP contribution in [0.4, 0.5) is 0 Å². The average molecular weight is 252 g/mol. The molecule has 18 heavy (non-hydrogen) atoms. The highest BCUT2D eigenvalue weighted by atomic mass is 16.6. The molecule has 3 heteroatoms. The summed E-state index contributed by atoms with van der Waals surface area (Å²) in [7, 11) is 0. The van der Waals surface area contributed by atoms with Crippen molar-refractivity contribution < 1.29 is 14.3 Å². The Morgan fingerprint density at radius 2 is 1.83 bits per heavy atom. The summed E-state index contributed by atoms with van der Waals surface area (Å²) in [5.41, 5.74) is 0.888. The van der Waals surface area contributed by atoms with E-state index in [0.29, 0.717) is 12.7 Å². The van der Waals surface area contributed by atoms with E-state index in [-0.39, 0.29) is 5.97 Å². The average Bonchev–Trinajstić information content (AvgIpc) is 3.10. The highest BCUT2D eigenvalue weighted by Gasteiger charge is 2.20. The second-order valence-electron chi connectivity index (χ2n) is 5.27. The maximum atomic E-state index is 11.2. The van der Waals surface area contributed by atoms with Gasteiger partial charge in [-0.2, -0.15) is 0 Å². The molecule has 1 atom stereocenters. The number of hydrogen-bond acceptors (Lipinski definition) is 3. The Morgan fingerprint density at radius 3 is 2.50 bits per heavy atom. The summed E-state index contributed by atoms with van der Waals surface area (Å²) in [6.45, 7) is 1.58. The van der Waals surface area contributed by atoms with Gasteiger partial charge in [0.15, 0.2) is 0 Å². The van der Waals surface area contributed by atoms with Crippen LogP contribution in [0.5, 0.6) is 0 Å². The minimum Gasteiger partial charge on any atom is -0.462 e. The number of esters is 1. The Hall–Kier alpha value is -0.830. The van der Waals surface area contributed by atoms with Gasteiger partial charge in [-0.15, -0.1) is 0 Å². The molecule has 2 heterocycles. The molecule has 102 valence electrons. The number of ether oxygens (including phenoxy) is 2. The molecule has 2 fully saturated rings. The zero-order valence-corrected chi connectivity index (χ0v) is 11.2. The van der Waals surface area contributed by atoms with E-state index in [1.807, 2.05) is 0 Å². The van der Waals surface area contributed by atoms with Crippen LogP contribution in [0, 0.1) is 0 Å². The number of allylic oxidation sites excluding steroid dienone is 1. The fourth-order valence-corrected chi connectivity index (χ4v) is 2.37. The molecule has 0 radical (unpaired) electrons. The molecular weight excluding hydrogens is 228 g/mol. The van der Waals surface area contributed by atoms with E-state index in [9.17, 15) is 4.79 Å². The number of rotatable bonds is 9. The monoisotopic (exact) mass is 252 g/mol. The van der Waals surface area contributed by atoms with Crippen LogP contribution in [0.15, 0.2) is 11.6 Å². The van der Waals surface area contributed by atoms with Gasteiger partial charge in [0.25, 0.3) is 0 Å². The first-order chi connectivity index (χ1) is 8.86. The summed E-state index contributed by atoms with van der Waals surface area (Å²) >= 11 is 0. The lowest BCUT2D eigenvalue weighted by atomic mass is 10.1. The molecule has 2 aliphatic rings. The third kappa shape index (κ3) is 5.21. The van der Waals surface area contributed by atoms with Crippen LogP contribution in [-0.2, 0) is 14.3 Å². The Morgan fingerprint density at radius 1 is 1.11 bits per heavy atom. The van der Waals surface area contributed by atoms with Gasteiger partial charge in [0.2, 0.25) is 0 Å². The SMILES string of the molecule is O=C1OCC/C1=C/CCCCCCCC[C@H]1CO1. The van der Waals surface area contributed by atoms with E-state index in [4.69, 9.17) is 9.47 Å². The maximum Gasteiger partial charge on any atom is 0.333 e. The topological polar surface area (TPSA) is 38.8 Å². The number of carbonyl (C=O) groups excluding carboxylic acids is 1. The zero-order valence-electron chi connectivity index (χ0n) is 11.2. The summed E-state index contributed by atoms with van der Waals surface area (Å²) in [5.74, 6) is -0.0997. The van der Waals surface area contributed by atoms with Crippen molar-refractivity contribution in [3.05, 3.63) is 11.6 Å². The van der Waals surface area contributed by atoms with Crippen molar-refractivity contribution in [2.45, 2.75) is 63.9 Å². The smallest absolute Gasteiger partial charge is 0.333 e. The molecule has 0 amide bonds. The zero-order chi connectivity index (χ0) is 12.6. The van der Waals surface area contributed by atoms with Crippen molar-refractivity contribution >= 4 is 5.97 Å². The quantitative estimate of drug-likeness (QED) is 0.273. The number of carbonyl (C=O) groups is 1. The molecule has 0 aromatic rings. The molecule has 0 aromatic heterocycles. The number of cyclic esters (lactones) is 1. The molecule has 0 spiro atoms. The lowest BCUT2D eigenvalue weighted by Crippen LogP contribution is -1.94. The lowest BCUT2D eigenvalue weighted by molar-refractivity contribution is -0.135. The van der Waals surface area contributed by atoms with Gasteiger partial charge in [-0.1, -0.05) is 38.2 Å². The highest BCUT2D eigenvalue weighted by molar-refractivity contribution is 5.90. The molecule has 3 nitrogen and oxygen atoms in total. The summed E-state index contributed by atoms with van der Waals surface area (Å²) in [6, 6.07) is 0. The van der Waals surface area contributed by atoms with Crippen LogP contribution >= 0.6 is 0 Å². The summed E-state index contributed by atoms with van der Waals surface area (Å²) < 4.78 is 10.1. The van der Waals surface area contributed by atoms with E-state index < -0.39 is 0 Å². The fraction of sp³-hybridized carbons (Fsp3) is 0.800. The van der Waals surface area contributed by atoms with Crippen molar-refractivity contribution in [3.8, 4) is 0 Å². The molecule has 2 saturated heterocycles. The van der Waals surface area contributed by atoms with Crippen molar-refractivity contribution in [2.75, 3.05) is 13.2 Å². The summed E-state index contributed by atoms with van der Waals surface area (Å²) in [5, 5.41) is 0. The Balaban J connectivity index is 1.38. The predicted octanol–water partition coefficient (Wildman–Crippen LogP) is 3.38. The van der Waals surface area contributed by atoms with Crippen LogP contribution in [-0.4, -0.2) is 25.3 Å². The minimum atomic E-state index is -0.0997. The first kappa shape index (κ1) is 13.6. The van der Waals surface area contributed by atoms with Crippen LogP contribution < -0.4 is 0 Å². The van der Waals surface area contributed by atoms with Crippen molar-refractivity contribution in [1.82, 2.24) is 0 Å². The first-order valence-corrected chi connectivity index (χ1v) is 7.34. The number of hydrogen-bond donors (Lipinski definition) is 0. The standard InChI is InChI=1S/C15H24O3/c16-15-13(10-11-17-15)8-6-4-2-1-3-5-7-9-14-12-18-14/h8,14H,1-7,9-12H2/b13-8-/t14-/m0/s1. The van der Waals surface area contributed by atoms with Crippen LogP contribution in [0.1, 0.15) is 57.8 Å². The second kappa shape index (κ2) is 7.57. The van der Waals surface area contributed by atoms with Crippen molar-refractivity contribution in [2.24, 2.45) is 0 Å². The van der Waals surface area contributed by atoms with Gasteiger partial charge in [-0.05, 0) is 19.3 Å². The number of unbranched alkanes of at least 4 members (excludes halogenated alkanes) is 6. The Kier molecular flexibility index (Phi) is 5.72. The van der Waals surface area contributed by atoms with Gasteiger partial charge in [-0.25, -0.2) is 4.79 Å². The minimum absolute atomic E-state index is 0.0997. The van der Waals surface area contributed by atoms with Gasteiger partial charge in [0.1, 0.15) is 0 Å². The molecule has 0 aromatic carbocycles. The number of epoxide rings is 1. The van der Waals surface area contributed by atoms with E-state index in [1.54, 1.807) is 0 Å². The molecule has 2 rings (SSSR count). The van der Waals surface area contributed by atoms with E-state index in [2.05, 4.69) is 6.08 Å². The van der Waals surface area contributed by atoms with Gasteiger partial charge in [-0.3, -0.25) is 0 Å². The first-order valence-electron chi connectivity index (χ1n) is 7.34. The molecule has 0 aliphatic carbocycles. The largest absolute Gasteiger partial charge is 0.462 e. The van der Waals surface area contributed by atoms with Gasteiger partial charge in [0, 0.05) is 12.0 Å². The third-order valence-corrected chi connectivity index (χ3v) is 3.64. The highest BCUT2D eigenvalue weighted by Crippen LogP contribution is 2.18. The second-order valence-corrected chi connectivity index (χ2v) is 5.27. The van der Waals surface area contributed by atoms with Gasteiger partial charge >= 0.3 is 5.97 Å². The van der Waals surface area contributed by atoms with Crippen LogP contribution in [0.25, 0.3) is 0 Å². The lowest BCUT2D eigenvalue weighted by Gasteiger charge is -2.00. The summed E-state index contributed by atoms with van der Waals surface area (Å²) in [4.78, 5) is 11.2. The fourth-order valence-electron chi connectivity index (χ4n) is 2.37. The summed E-state index contributed by atoms with van der Waals surface area (Å²) in [6.07, 6.45) is 13.6. The molecule has 2 aliphatic heterocycles. The normalized spacial score (nSPS) is 24.6. The van der Waals surface area contributed by atoms with Gasteiger partial charge in [0.05, 0.1) is 19.3 Å². The van der Waals surface area contributed by atoms with Crippen molar-refractivity contribution in [3.63, 3.8) is 0 Å². The van der Waals surface area contributed by atoms with Crippen molar-refractivity contribution in [1.29, 1.82) is 0 Å². The van der Waals surface area contributed by atoms with E-state index >= 15 is 0 Å². The predicted molar refractivity (Wildman–Crippen MR) is 70.3 cm³/mol. The Labute approximate surface area is 110 Å². The maximum absolute atomic E-state index is 11.2. The van der Waals surface area contributed by atoms with Crippen LogP contribution in [0.2, 0.25) is 0 Å². The van der Waals surface area contributed by atoms with E-state index in [1.165, 1.54) is 44.9 Å². The third-order valence-electron chi connectivity index (χ3n) is 3.64.